The Balaban J connectivity index is 0.000000217. The van der Waals surface area contributed by atoms with E-state index in [1.165, 1.54) is 18.2 Å². The first-order chi connectivity index (χ1) is 10.1. The van der Waals surface area contributed by atoms with Gasteiger partial charge in [-0.1, -0.05) is 24.3 Å². The van der Waals surface area contributed by atoms with Crippen LogP contribution in [0.2, 0.25) is 0 Å². The van der Waals surface area contributed by atoms with Gasteiger partial charge in [0.25, 0.3) is 0 Å². The van der Waals surface area contributed by atoms with Crippen molar-refractivity contribution in [3.8, 4) is 0 Å². The average molecular weight is 308 g/mol. The predicted octanol–water partition coefficient (Wildman–Crippen LogP) is 2.87. The van der Waals surface area contributed by atoms with Gasteiger partial charge in [-0.15, -0.1) is 0 Å². The number of hydrogen-bond acceptors (Lipinski definition) is 3. The summed E-state index contributed by atoms with van der Waals surface area (Å²) in [5, 5.41) is 18.2. The van der Waals surface area contributed by atoms with Crippen molar-refractivity contribution in [3.63, 3.8) is 0 Å². The molecule has 0 radical (unpaired) electrons. The second kappa shape index (κ2) is 8.38. The molecule has 0 aliphatic rings. The number of hydrogen-bond donors (Lipinski definition) is 2. The van der Waals surface area contributed by atoms with Crippen molar-refractivity contribution in [2.75, 3.05) is 0 Å². The van der Waals surface area contributed by atoms with Crippen LogP contribution < -0.4 is 0 Å². The molecule has 0 aliphatic carbocycles. The summed E-state index contributed by atoms with van der Waals surface area (Å²) < 4.78 is 5.12. The van der Waals surface area contributed by atoms with Gasteiger partial charge in [-0.05, 0) is 30.3 Å². The number of furan rings is 1. The minimum absolute atomic E-state index is 0. The Labute approximate surface area is 148 Å². The maximum absolute atomic E-state index is 10.4. The number of carbonyl (C=O) groups is 2. The maximum atomic E-state index is 10.4. The Bertz CT molecular complexity index is 719. The second-order valence-electron chi connectivity index (χ2n) is 4.15. The standard InChI is InChI=1S/C8H6O4.C8H6O.Na.H/c9-7(10)5-2-1-3-6(4-5)8(11)12;1-2-4-8-7(3-1)5-6-9-8;;/h1-4H,(H,9,10)(H,11,12);1-6H;;. The molecule has 0 saturated heterocycles. The van der Waals surface area contributed by atoms with Crippen LogP contribution in [0.25, 0.3) is 11.0 Å². The summed E-state index contributed by atoms with van der Waals surface area (Å²) in [5.74, 6) is -2.25. The molecule has 108 valence electrons. The van der Waals surface area contributed by atoms with Gasteiger partial charge < -0.3 is 14.6 Å². The van der Waals surface area contributed by atoms with Crippen LogP contribution in [0.3, 0.4) is 0 Å². The molecule has 0 aliphatic heterocycles. The molecule has 0 bridgehead atoms. The number of para-hydroxylation sites is 1. The third-order valence-electron chi connectivity index (χ3n) is 2.72. The van der Waals surface area contributed by atoms with Gasteiger partial charge in [0.15, 0.2) is 0 Å². The van der Waals surface area contributed by atoms with Gasteiger partial charge in [0.2, 0.25) is 0 Å². The molecule has 0 fully saturated rings. The van der Waals surface area contributed by atoms with Crippen LogP contribution in [-0.4, -0.2) is 51.7 Å². The van der Waals surface area contributed by atoms with E-state index in [-0.39, 0.29) is 40.7 Å². The minimum atomic E-state index is -1.13. The quantitative estimate of drug-likeness (QED) is 0.711. The fourth-order valence-corrected chi connectivity index (χ4v) is 1.69. The molecule has 3 rings (SSSR count). The van der Waals surface area contributed by atoms with E-state index in [0.717, 1.165) is 17.0 Å². The van der Waals surface area contributed by atoms with Crippen molar-refractivity contribution in [1.29, 1.82) is 0 Å². The summed E-state index contributed by atoms with van der Waals surface area (Å²) in [4.78, 5) is 20.8. The van der Waals surface area contributed by atoms with Crippen molar-refractivity contribution < 1.29 is 24.2 Å². The Morgan fingerprint density at radius 2 is 1.41 bits per heavy atom. The molecule has 0 unspecified atom stereocenters. The molecule has 0 saturated carbocycles. The molecule has 22 heavy (non-hydrogen) atoms. The normalized spacial score (nSPS) is 9.27. The first-order valence-electron chi connectivity index (χ1n) is 6.07. The number of fused-ring (bicyclic) bond motifs is 1. The number of aromatic carboxylic acids is 2. The van der Waals surface area contributed by atoms with Crippen LogP contribution in [0.15, 0.2) is 65.3 Å². The monoisotopic (exact) mass is 308 g/mol. The topological polar surface area (TPSA) is 87.7 Å². The van der Waals surface area contributed by atoms with Crippen LogP contribution in [0.4, 0.5) is 0 Å². The van der Waals surface area contributed by atoms with E-state index in [1.54, 1.807) is 6.26 Å². The molecule has 0 amide bonds. The molecule has 2 N–H and O–H groups in total. The van der Waals surface area contributed by atoms with E-state index < -0.39 is 11.9 Å². The Hall–Kier alpha value is -2.08. The van der Waals surface area contributed by atoms with Gasteiger partial charge in [-0.25, -0.2) is 9.59 Å². The zero-order valence-electron chi connectivity index (χ0n) is 10.9. The smallest absolute Gasteiger partial charge is 0.133 e. The van der Waals surface area contributed by atoms with Crippen molar-refractivity contribution in [2.24, 2.45) is 0 Å². The average Bonchev–Trinajstić information content (AvgIpc) is 2.96. The van der Waals surface area contributed by atoms with Crippen LogP contribution in [0.5, 0.6) is 0 Å². The van der Waals surface area contributed by atoms with Gasteiger partial charge >= 0.3 is 41.5 Å². The van der Waals surface area contributed by atoms with Crippen molar-refractivity contribution in [1.82, 2.24) is 0 Å². The first-order valence-corrected chi connectivity index (χ1v) is 6.07. The predicted molar refractivity (Wildman–Crippen MR) is 83.7 cm³/mol. The molecule has 2 aromatic carbocycles. The van der Waals surface area contributed by atoms with Crippen molar-refractivity contribution in [3.05, 3.63) is 72.0 Å². The number of carboxylic acids is 2. The third-order valence-corrected chi connectivity index (χ3v) is 2.72. The molecule has 1 aromatic heterocycles. The largest absolute Gasteiger partial charge is 0.464 e. The van der Waals surface area contributed by atoms with E-state index in [0.29, 0.717) is 0 Å². The Kier molecular flexibility index (Phi) is 6.85. The number of benzene rings is 2. The third kappa shape index (κ3) is 4.73. The maximum Gasteiger partial charge on any atom is 0.133 e. The number of rotatable bonds is 2. The summed E-state index contributed by atoms with van der Waals surface area (Å²) in [7, 11) is 0. The fraction of sp³-hybridized carbons (Fsp3) is 0. The zero-order valence-corrected chi connectivity index (χ0v) is 10.9. The van der Waals surface area contributed by atoms with Crippen LogP contribution in [0.1, 0.15) is 20.7 Å². The fourth-order valence-electron chi connectivity index (χ4n) is 1.69. The van der Waals surface area contributed by atoms with Crippen molar-refractivity contribution >= 4 is 52.5 Å². The van der Waals surface area contributed by atoms with Crippen LogP contribution in [0, 0.1) is 0 Å². The Morgan fingerprint density at radius 3 is 1.95 bits per heavy atom. The molecule has 3 aromatic rings. The Morgan fingerprint density at radius 1 is 0.818 bits per heavy atom. The first kappa shape index (κ1) is 18.0. The number of carboxylic acid groups (broad SMARTS) is 2. The summed E-state index contributed by atoms with van der Waals surface area (Å²) in [5.41, 5.74) is 0.919. The SMILES string of the molecule is O=C(O)c1cccc(C(=O)O)c1.[NaH].c1ccc2occc2c1. The van der Waals surface area contributed by atoms with E-state index >= 15 is 0 Å². The molecule has 0 atom stereocenters. The summed E-state index contributed by atoms with van der Waals surface area (Å²) >= 11 is 0. The van der Waals surface area contributed by atoms with E-state index in [1.807, 2.05) is 30.3 Å². The molecular weight excluding hydrogens is 295 g/mol. The van der Waals surface area contributed by atoms with Gasteiger partial charge in [-0.3, -0.25) is 0 Å². The summed E-state index contributed by atoms with van der Waals surface area (Å²) in [6, 6.07) is 15.1. The molecular formula is C16H13NaO5. The zero-order chi connectivity index (χ0) is 15.2. The van der Waals surface area contributed by atoms with Crippen LogP contribution >= 0.6 is 0 Å². The molecule has 1 heterocycles. The molecule has 0 spiro atoms. The van der Waals surface area contributed by atoms with Gasteiger partial charge in [0.1, 0.15) is 5.58 Å². The van der Waals surface area contributed by atoms with Crippen molar-refractivity contribution in [2.45, 2.75) is 0 Å². The van der Waals surface area contributed by atoms with Gasteiger partial charge in [0, 0.05) is 5.39 Å². The minimum Gasteiger partial charge on any atom is -0.464 e. The summed E-state index contributed by atoms with van der Waals surface area (Å²) in [6.07, 6.45) is 1.70. The van der Waals surface area contributed by atoms with E-state index in [9.17, 15) is 9.59 Å². The molecule has 5 nitrogen and oxygen atoms in total. The van der Waals surface area contributed by atoms with Gasteiger partial charge in [0.05, 0.1) is 17.4 Å². The molecule has 6 heteroatoms. The van der Waals surface area contributed by atoms with Gasteiger partial charge in [-0.2, -0.15) is 0 Å². The van der Waals surface area contributed by atoms with E-state index in [4.69, 9.17) is 14.6 Å². The van der Waals surface area contributed by atoms with E-state index in [2.05, 4.69) is 0 Å². The van der Waals surface area contributed by atoms with Crippen LogP contribution in [-0.2, 0) is 0 Å². The summed E-state index contributed by atoms with van der Waals surface area (Å²) in [6.45, 7) is 0. The second-order valence-corrected chi connectivity index (χ2v) is 4.15.